The minimum atomic E-state index is -0.968. The van der Waals surface area contributed by atoms with Crippen LogP contribution in [0.25, 0.3) is 0 Å². The molecule has 2 amide bonds. The lowest BCUT2D eigenvalue weighted by atomic mass is 10.1. The van der Waals surface area contributed by atoms with Crippen molar-refractivity contribution in [2.75, 3.05) is 24.2 Å². The Labute approximate surface area is 172 Å². The van der Waals surface area contributed by atoms with E-state index in [0.29, 0.717) is 23.7 Å². The van der Waals surface area contributed by atoms with Crippen LogP contribution < -0.4 is 5.32 Å². The molecule has 1 N–H and O–H groups in total. The maximum Gasteiger partial charge on any atom is 0.308 e. The monoisotopic (exact) mass is 421 g/mol. The van der Waals surface area contributed by atoms with Gasteiger partial charge in [0, 0.05) is 23.7 Å². The molecule has 0 bridgehead atoms. The van der Waals surface area contributed by atoms with Gasteiger partial charge in [0.2, 0.25) is 0 Å². The van der Waals surface area contributed by atoms with E-state index in [1.54, 1.807) is 4.90 Å². The Morgan fingerprint density at radius 3 is 2.82 bits per heavy atom. The quantitative estimate of drug-likeness (QED) is 0.559. The van der Waals surface area contributed by atoms with Crippen molar-refractivity contribution in [3.05, 3.63) is 16.0 Å². The van der Waals surface area contributed by atoms with Gasteiger partial charge in [0.05, 0.1) is 12.0 Å². The Bertz CT molecular complexity index is 815. The SMILES string of the molecule is CC(OC(=O)CCN1CCSC1=O)C(=O)Nc1sc2c(c1C#N)CCCCC2. The van der Waals surface area contributed by atoms with Gasteiger partial charge in [-0.15, -0.1) is 11.3 Å². The molecule has 3 rings (SSSR count). The van der Waals surface area contributed by atoms with E-state index < -0.39 is 18.0 Å². The van der Waals surface area contributed by atoms with Crippen molar-refractivity contribution in [3.63, 3.8) is 0 Å². The normalized spacial score (nSPS) is 17.4. The number of thiophene rings is 1. The number of hydrogen-bond acceptors (Lipinski definition) is 7. The lowest BCUT2D eigenvalue weighted by Crippen LogP contribution is -2.32. The Balaban J connectivity index is 1.55. The highest BCUT2D eigenvalue weighted by atomic mass is 32.2. The summed E-state index contributed by atoms with van der Waals surface area (Å²) in [5, 5.41) is 12.8. The van der Waals surface area contributed by atoms with Crippen molar-refractivity contribution in [1.29, 1.82) is 5.26 Å². The highest BCUT2D eigenvalue weighted by Gasteiger charge is 2.25. The van der Waals surface area contributed by atoms with Crippen LogP contribution in [0.3, 0.4) is 0 Å². The molecule has 9 heteroatoms. The number of hydrogen-bond donors (Lipinski definition) is 1. The fourth-order valence-corrected chi connectivity index (χ4v) is 5.42. The number of aryl methyl sites for hydroxylation is 1. The van der Waals surface area contributed by atoms with Crippen LogP contribution in [0, 0.1) is 11.3 Å². The van der Waals surface area contributed by atoms with Crippen molar-refractivity contribution >= 4 is 45.2 Å². The summed E-state index contributed by atoms with van der Waals surface area (Å²) in [7, 11) is 0. The molecule has 1 fully saturated rings. The smallest absolute Gasteiger partial charge is 0.308 e. The zero-order chi connectivity index (χ0) is 20.1. The van der Waals surface area contributed by atoms with E-state index in [1.165, 1.54) is 34.9 Å². The molecule has 0 radical (unpaired) electrons. The summed E-state index contributed by atoms with van der Waals surface area (Å²) in [5.74, 6) is -0.234. The molecule has 1 atom stereocenters. The fourth-order valence-electron chi connectivity index (χ4n) is 3.33. The molecule has 2 heterocycles. The highest BCUT2D eigenvalue weighted by Crippen LogP contribution is 2.37. The van der Waals surface area contributed by atoms with E-state index in [1.807, 2.05) is 0 Å². The fraction of sp³-hybridized carbons (Fsp3) is 0.579. The molecule has 1 unspecified atom stereocenters. The lowest BCUT2D eigenvalue weighted by molar-refractivity contribution is -0.153. The summed E-state index contributed by atoms with van der Waals surface area (Å²) in [6, 6.07) is 2.22. The van der Waals surface area contributed by atoms with E-state index in [2.05, 4.69) is 11.4 Å². The van der Waals surface area contributed by atoms with E-state index in [4.69, 9.17) is 4.74 Å². The van der Waals surface area contributed by atoms with Gasteiger partial charge in [-0.05, 0) is 38.2 Å². The van der Waals surface area contributed by atoms with E-state index in [0.717, 1.165) is 43.4 Å². The average molecular weight is 422 g/mol. The van der Waals surface area contributed by atoms with Gasteiger partial charge in [-0.1, -0.05) is 18.2 Å². The number of amides is 2. The Morgan fingerprint density at radius 2 is 2.11 bits per heavy atom. The van der Waals surface area contributed by atoms with Crippen LogP contribution in [0.4, 0.5) is 9.80 Å². The molecule has 150 valence electrons. The third-order valence-electron chi connectivity index (χ3n) is 4.88. The van der Waals surface area contributed by atoms with Gasteiger partial charge in [-0.3, -0.25) is 14.4 Å². The summed E-state index contributed by atoms with van der Waals surface area (Å²) in [6.45, 7) is 2.44. The topological polar surface area (TPSA) is 99.5 Å². The van der Waals surface area contributed by atoms with Crippen molar-refractivity contribution < 1.29 is 19.1 Å². The zero-order valence-corrected chi connectivity index (χ0v) is 17.4. The maximum atomic E-state index is 12.5. The summed E-state index contributed by atoms with van der Waals surface area (Å²) < 4.78 is 5.20. The van der Waals surface area contributed by atoms with Crippen LogP contribution in [-0.4, -0.2) is 47.0 Å². The predicted octanol–water partition coefficient (Wildman–Crippen LogP) is 3.32. The molecule has 7 nitrogen and oxygen atoms in total. The first-order chi connectivity index (χ1) is 13.5. The summed E-state index contributed by atoms with van der Waals surface area (Å²) in [4.78, 5) is 38.8. The highest BCUT2D eigenvalue weighted by molar-refractivity contribution is 8.13. The number of nitrogens with one attached hydrogen (secondary N) is 1. The number of rotatable bonds is 6. The molecule has 1 aliphatic heterocycles. The largest absolute Gasteiger partial charge is 0.452 e. The second-order valence-electron chi connectivity index (χ2n) is 6.85. The number of thioether (sulfide) groups is 1. The number of carbonyl (C=O) groups is 3. The zero-order valence-electron chi connectivity index (χ0n) is 15.8. The standard InChI is InChI=1S/C19H23N3O4S2/c1-12(26-16(23)7-8-22-9-10-27-19(22)25)17(24)21-18-14(11-20)13-5-3-2-4-6-15(13)28-18/h12H,2-10H2,1H3,(H,21,24). The minimum absolute atomic E-state index is 0.0277. The number of nitrogens with zero attached hydrogens (tertiary/aromatic N) is 2. The van der Waals surface area contributed by atoms with E-state index in [9.17, 15) is 19.6 Å². The average Bonchev–Trinajstić information content (AvgIpc) is 3.14. The van der Waals surface area contributed by atoms with Gasteiger partial charge in [-0.25, -0.2) is 0 Å². The second-order valence-corrected chi connectivity index (χ2v) is 9.00. The third kappa shape index (κ3) is 4.86. The van der Waals surface area contributed by atoms with E-state index in [-0.39, 0.29) is 11.7 Å². The van der Waals surface area contributed by atoms with Gasteiger partial charge in [-0.2, -0.15) is 5.26 Å². The summed E-state index contributed by atoms with van der Waals surface area (Å²) in [6.07, 6.45) is 4.19. The molecule has 2 aliphatic rings. The molecular weight excluding hydrogens is 398 g/mol. The maximum absolute atomic E-state index is 12.5. The van der Waals surface area contributed by atoms with Gasteiger partial charge >= 0.3 is 5.97 Å². The molecule has 0 saturated carbocycles. The van der Waals surface area contributed by atoms with Crippen LogP contribution in [0.5, 0.6) is 0 Å². The molecule has 28 heavy (non-hydrogen) atoms. The number of ether oxygens (including phenoxy) is 1. The van der Waals surface area contributed by atoms with Crippen LogP contribution in [0.15, 0.2) is 0 Å². The summed E-state index contributed by atoms with van der Waals surface area (Å²) >= 11 is 2.69. The summed E-state index contributed by atoms with van der Waals surface area (Å²) in [5.41, 5.74) is 1.59. The number of anilines is 1. The van der Waals surface area contributed by atoms with Crippen molar-refractivity contribution in [3.8, 4) is 6.07 Å². The van der Waals surface area contributed by atoms with Crippen LogP contribution in [0.2, 0.25) is 0 Å². The van der Waals surface area contributed by atoms with Gasteiger partial charge in [0.25, 0.3) is 11.1 Å². The lowest BCUT2D eigenvalue weighted by Gasteiger charge is -2.16. The number of esters is 1. The van der Waals surface area contributed by atoms with Crippen molar-refractivity contribution in [2.24, 2.45) is 0 Å². The van der Waals surface area contributed by atoms with Crippen LogP contribution >= 0.6 is 23.1 Å². The molecule has 0 spiro atoms. The number of fused-ring (bicyclic) bond motifs is 1. The Kier molecular flexibility index (Phi) is 6.97. The predicted molar refractivity (Wildman–Crippen MR) is 109 cm³/mol. The Hall–Kier alpha value is -2.05. The van der Waals surface area contributed by atoms with Crippen molar-refractivity contribution in [1.82, 2.24) is 4.90 Å². The number of nitriles is 1. The van der Waals surface area contributed by atoms with Gasteiger partial charge in [0.15, 0.2) is 6.10 Å². The first kappa shape index (κ1) is 20.7. The van der Waals surface area contributed by atoms with E-state index >= 15 is 0 Å². The number of carbonyl (C=O) groups excluding carboxylic acids is 3. The Morgan fingerprint density at radius 1 is 1.32 bits per heavy atom. The molecule has 1 aromatic rings. The molecule has 1 saturated heterocycles. The molecule has 1 aliphatic carbocycles. The second kappa shape index (κ2) is 9.43. The first-order valence-electron chi connectivity index (χ1n) is 9.46. The van der Waals surface area contributed by atoms with Crippen LogP contribution in [-0.2, 0) is 27.2 Å². The molecule has 1 aromatic heterocycles. The van der Waals surface area contributed by atoms with Crippen LogP contribution in [0.1, 0.15) is 48.6 Å². The molecule has 0 aromatic carbocycles. The minimum Gasteiger partial charge on any atom is -0.452 e. The van der Waals surface area contributed by atoms with Gasteiger partial charge in [0.1, 0.15) is 11.1 Å². The third-order valence-corrected chi connectivity index (χ3v) is 6.98. The molecular formula is C19H23N3O4S2. The van der Waals surface area contributed by atoms with Gasteiger partial charge < -0.3 is 15.0 Å². The first-order valence-corrected chi connectivity index (χ1v) is 11.3. The van der Waals surface area contributed by atoms with Crippen molar-refractivity contribution in [2.45, 2.75) is 51.6 Å².